The average Bonchev–Trinajstić information content (AvgIpc) is 2.94. The summed E-state index contributed by atoms with van der Waals surface area (Å²) in [7, 11) is 0. The summed E-state index contributed by atoms with van der Waals surface area (Å²) in [6.45, 7) is 1.50. The quantitative estimate of drug-likeness (QED) is 0.579. The number of nitrogens with zero attached hydrogens (tertiary/aromatic N) is 3. The fraction of sp³-hybridized carbons (Fsp3) is 0.125. The lowest BCUT2D eigenvalue weighted by molar-refractivity contribution is -0.384. The number of rotatable bonds is 3. The lowest BCUT2D eigenvalue weighted by Gasteiger charge is -2.10. The molecule has 1 aromatic heterocycles. The van der Waals surface area contributed by atoms with E-state index in [-0.39, 0.29) is 22.1 Å². The molecule has 0 radical (unpaired) electrons. The van der Waals surface area contributed by atoms with E-state index in [4.69, 9.17) is 11.6 Å². The highest BCUT2D eigenvalue weighted by atomic mass is 35.5. The van der Waals surface area contributed by atoms with Crippen LogP contribution in [0.25, 0.3) is 11.0 Å². The van der Waals surface area contributed by atoms with Crippen molar-refractivity contribution in [2.45, 2.75) is 13.0 Å². The molecule has 1 heterocycles. The van der Waals surface area contributed by atoms with E-state index < -0.39 is 16.9 Å². The molecule has 0 aliphatic carbocycles. The molecule has 0 saturated carbocycles. The molecule has 0 amide bonds. The smallest absolute Gasteiger partial charge is 0.288 e. The van der Waals surface area contributed by atoms with E-state index in [0.717, 1.165) is 6.07 Å². The summed E-state index contributed by atoms with van der Waals surface area (Å²) in [6, 6.07) is 10.7. The Kier molecular flexibility index (Phi) is 4.04. The molecule has 0 saturated heterocycles. The molecule has 7 nitrogen and oxygen atoms in total. The Morgan fingerprint density at radius 2 is 2.04 bits per heavy atom. The van der Waals surface area contributed by atoms with Gasteiger partial charge in [-0.15, -0.1) is 0 Å². The predicted octanol–water partition coefficient (Wildman–Crippen LogP) is 3.34. The molecule has 0 aliphatic heterocycles. The van der Waals surface area contributed by atoms with Crippen molar-refractivity contribution in [1.29, 1.82) is 0 Å². The molecule has 0 aliphatic rings. The summed E-state index contributed by atoms with van der Waals surface area (Å²) in [6.07, 6.45) is -0.983. The van der Waals surface area contributed by atoms with Crippen LogP contribution >= 0.6 is 11.6 Å². The normalized spacial score (nSPS) is 12.3. The maximum atomic E-state index is 12.9. The molecule has 1 N–H and O–H groups in total. The van der Waals surface area contributed by atoms with Crippen molar-refractivity contribution < 1.29 is 14.8 Å². The van der Waals surface area contributed by atoms with Crippen molar-refractivity contribution in [3.63, 3.8) is 0 Å². The number of fused-ring (bicyclic) bond motifs is 1. The molecule has 122 valence electrons. The Hall–Kier alpha value is -2.77. The number of carbonyl (C=O) groups excluding carboxylic acids is 1. The molecular formula is C16H12ClN3O4. The molecule has 0 unspecified atom stereocenters. The van der Waals surface area contributed by atoms with Gasteiger partial charge in [0, 0.05) is 11.6 Å². The van der Waals surface area contributed by atoms with Gasteiger partial charge >= 0.3 is 0 Å². The standard InChI is InChI=1S/C16H12ClN3O4/c1-9(21)15-18-12-4-2-3-5-13(12)19(15)16(22)10-6-7-11(17)14(8-10)20(23)24/h2-9,21H,1H3/t9-/m1/s1. The van der Waals surface area contributed by atoms with E-state index in [9.17, 15) is 20.0 Å². The van der Waals surface area contributed by atoms with Crippen LogP contribution in [0.2, 0.25) is 5.02 Å². The van der Waals surface area contributed by atoms with Gasteiger partial charge in [-0.2, -0.15) is 0 Å². The number of halogens is 1. The second-order valence-electron chi connectivity index (χ2n) is 5.20. The number of nitro groups is 1. The molecule has 3 aromatic rings. The van der Waals surface area contributed by atoms with Crippen LogP contribution in [-0.2, 0) is 0 Å². The van der Waals surface area contributed by atoms with E-state index in [1.54, 1.807) is 24.3 Å². The van der Waals surface area contributed by atoms with E-state index >= 15 is 0 Å². The van der Waals surface area contributed by atoms with E-state index in [2.05, 4.69) is 4.98 Å². The third-order valence-corrected chi connectivity index (χ3v) is 3.87. The number of aliphatic hydroxyl groups is 1. The number of imidazole rings is 1. The van der Waals surface area contributed by atoms with Gasteiger partial charge in [-0.1, -0.05) is 23.7 Å². The fourth-order valence-electron chi connectivity index (χ4n) is 2.45. The molecule has 0 spiro atoms. The van der Waals surface area contributed by atoms with E-state index in [1.807, 2.05) is 0 Å². The number of hydrogen-bond donors (Lipinski definition) is 1. The highest BCUT2D eigenvalue weighted by molar-refractivity contribution is 6.32. The van der Waals surface area contributed by atoms with Gasteiger partial charge in [0.15, 0.2) is 0 Å². The number of nitro benzene ring substituents is 1. The zero-order valence-corrected chi connectivity index (χ0v) is 13.3. The zero-order valence-electron chi connectivity index (χ0n) is 12.5. The monoisotopic (exact) mass is 345 g/mol. The Labute approximate surface area is 141 Å². The highest BCUT2D eigenvalue weighted by Crippen LogP contribution is 2.27. The molecule has 2 aromatic carbocycles. The lowest BCUT2D eigenvalue weighted by atomic mass is 10.1. The van der Waals surface area contributed by atoms with Crippen molar-refractivity contribution in [2.24, 2.45) is 0 Å². The van der Waals surface area contributed by atoms with Gasteiger partial charge in [0.05, 0.1) is 16.0 Å². The van der Waals surface area contributed by atoms with Crippen molar-refractivity contribution in [1.82, 2.24) is 9.55 Å². The molecule has 24 heavy (non-hydrogen) atoms. The third-order valence-electron chi connectivity index (χ3n) is 3.55. The van der Waals surface area contributed by atoms with Gasteiger partial charge in [-0.05, 0) is 31.2 Å². The summed E-state index contributed by atoms with van der Waals surface area (Å²) in [4.78, 5) is 27.5. The SMILES string of the molecule is C[C@@H](O)c1nc2ccccc2n1C(=O)c1ccc(Cl)c([N+](=O)[O-])c1. The average molecular weight is 346 g/mol. The van der Waals surface area contributed by atoms with Gasteiger partial charge in [0.2, 0.25) is 0 Å². The molecule has 0 fully saturated rings. The van der Waals surface area contributed by atoms with Crippen LogP contribution in [0.4, 0.5) is 5.69 Å². The highest BCUT2D eigenvalue weighted by Gasteiger charge is 2.23. The van der Waals surface area contributed by atoms with Crippen LogP contribution in [0, 0.1) is 10.1 Å². The van der Waals surface area contributed by atoms with Gasteiger partial charge < -0.3 is 5.11 Å². The summed E-state index contributed by atoms with van der Waals surface area (Å²) in [5.74, 6) is -0.363. The van der Waals surface area contributed by atoms with Gasteiger partial charge in [-0.3, -0.25) is 19.5 Å². The zero-order chi connectivity index (χ0) is 17.4. The number of para-hydroxylation sites is 2. The third kappa shape index (κ3) is 2.64. The Morgan fingerprint density at radius 3 is 2.71 bits per heavy atom. The van der Waals surface area contributed by atoms with Crippen molar-refractivity contribution in [3.05, 3.63) is 69.0 Å². The second kappa shape index (κ2) is 6.03. The predicted molar refractivity (Wildman–Crippen MR) is 88.2 cm³/mol. The number of carbonyl (C=O) groups is 1. The minimum atomic E-state index is -0.983. The van der Waals surface area contributed by atoms with Gasteiger partial charge in [-0.25, -0.2) is 4.98 Å². The minimum absolute atomic E-state index is 0.0530. The number of benzene rings is 2. The van der Waals surface area contributed by atoms with Crippen LogP contribution in [0.15, 0.2) is 42.5 Å². The Morgan fingerprint density at radius 1 is 1.33 bits per heavy atom. The summed E-state index contributed by atoms with van der Waals surface area (Å²) < 4.78 is 1.26. The van der Waals surface area contributed by atoms with Crippen molar-refractivity contribution in [2.75, 3.05) is 0 Å². The Balaban J connectivity index is 2.21. The summed E-state index contributed by atoms with van der Waals surface area (Å²) in [5, 5.41) is 20.9. The van der Waals surface area contributed by atoms with Crippen LogP contribution in [-0.4, -0.2) is 25.5 Å². The fourth-order valence-corrected chi connectivity index (χ4v) is 2.64. The van der Waals surface area contributed by atoms with Crippen LogP contribution in [0.5, 0.6) is 0 Å². The number of aliphatic hydroxyl groups excluding tert-OH is 1. The van der Waals surface area contributed by atoms with Crippen molar-refractivity contribution in [3.8, 4) is 0 Å². The summed E-state index contributed by atoms with van der Waals surface area (Å²) >= 11 is 5.79. The first-order valence-corrected chi connectivity index (χ1v) is 7.42. The minimum Gasteiger partial charge on any atom is -0.385 e. The van der Waals surface area contributed by atoms with Crippen LogP contribution in [0.3, 0.4) is 0 Å². The first-order chi connectivity index (χ1) is 11.4. The first-order valence-electron chi connectivity index (χ1n) is 7.04. The molecular weight excluding hydrogens is 334 g/mol. The Bertz CT molecular complexity index is 965. The number of aromatic nitrogens is 2. The van der Waals surface area contributed by atoms with E-state index in [0.29, 0.717) is 11.0 Å². The topological polar surface area (TPSA) is 98.3 Å². The molecule has 8 heteroatoms. The summed E-state index contributed by atoms with van der Waals surface area (Å²) in [5.41, 5.74) is 0.780. The first kappa shape index (κ1) is 16.1. The maximum Gasteiger partial charge on any atom is 0.288 e. The van der Waals surface area contributed by atoms with Crippen LogP contribution in [0.1, 0.15) is 29.2 Å². The van der Waals surface area contributed by atoms with Gasteiger partial charge in [0.25, 0.3) is 11.6 Å². The van der Waals surface area contributed by atoms with E-state index in [1.165, 1.54) is 23.6 Å². The maximum absolute atomic E-state index is 12.9. The van der Waals surface area contributed by atoms with Crippen molar-refractivity contribution >= 4 is 34.2 Å². The molecule has 0 bridgehead atoms. The lowest BCUT2D eigenvalue weighted by Crippen LogP contribution is -2.17. The number of hydrogen-bond acceptors (Lipinski definition) is 5. The second-order valence-corrected chi connectivity index (χ2v) is 5.61. The van der Waals surface area contributed by atoms with Crippen LogP contribution < -0.4 is 0 Å². The molecule has 1 atom stereocenters. The largest absolute Gasteiger partial charge is 0.385 e. The van der Waals surface area contributed by atoms with Gasteiger partial charge in [0.1, 0.15) is 17.0 Å². The molecule has 3 rings (SSSR count).